The molecular formula is C13H31N. The Hall–Kier alpha value is -0.0400. The van der Waals surface area contributed by atoms with Crippen LogP contribution in [0.25, 0.3) is 0 Å². The molecule has 0 saturated heterocycles. The van der Waals surface area contributed by atoms with Crippen LogP contribution in [0.2, 0.25) is 0 Å². The van der Waals surface area contributed by atoms with E-state index in [9.17, 15) is 0 Å². The van der Waals surface area contributed by atoms with Crippen LogP contribution in [0.15, 0.2) is 0 Å². The minimum atomic E-state index is 0.796. The highest BCUT2D eigenvalue weighted by molar-refractivity contribution is 4.67. The molecule has 0 aromatic rings. The average molecular weight is 201 g/mol. The summed E-state index contributed by atoms with van der Waals surface area (Å²) in [5.74, 6) is 0.828. The van der Waals surface area contributed by atoms with E-state index >= 15 is 0 Å². The van der Waals surface area contributed by atoms with Crippen LogP contribution in [0.4, 0.5) is 0 Å². The van der Waals surface area contributed by atoms with Gasteiger partial charge in [-0.2, -0.15) is 0 Å². The van der Waals surface area contributed by atoms with Crippen LogP contribution in [0.3, 0.4) is 0 Å². The van der Waals surface area contributed by atoms with Gasteiger partial charge >= 0.3 is 0 Å². The molecule has 1 atom stereocenters. The van der Waals surface area contributed by atoms with E-state index in [0.717, 1.165) is 12.0 Å². The van der Waals surface area contributed by atoms with Crippen molar-refractivity contribution < 1.29 is 0 Å². The monoisotopic (exact) mass is 201 g/mol. The minimum absolute atomic E-state index is 0.796. The van der Waals surface area contributed by atoms with E-state index in [1.54, 1.807) is 0 Å². The van der Waals surface area contributed by atoms with E-state index in [1.165, 1.54) is 25.7 Å². The molecular weight excluding hydrogens is 170 g/mol. The van der Waals surface area contributed by atoms with Crippen molar-refractivity contribution in [3.8, 4) is 0 Å². The third-order valence-corrected chi connectivity index (χ3v) is 2.36. The smallest absolute Gasteiger partial charge is 0.00916 e. The quantitative estimate of drug-likeness (QED) is 0.623. The van der Waals surface area contributed by atoms with Gasteiger partial charge in [0.25, 0.3) is 0 Å². The first-order chi connectivity index (χ1) is 6.57. The summed E-state index contributed by atoms with van der Waals surface area (Å²) in [6, 6.07) is 0.796. The van der Waals surface area contributed by atoms with E-state index in [0.29, 0.717) is 0 Å². The Kier molecular flexibility index (Phi) is 12.9. The van der Waals surface area contributed by atoms with Crippen LogP contribution in [0.1, 0.15) is 60.3 Å². The van der Waals surface area contributed by atoms with Crippen molar-refractivity contribution >= 4 is 0 Å². The SMILES string of the molecule is CC.CCCCC(CC(C)C)N(C)C. The molecule has 0 radical (unpaired) electrons. The molecule has 0 N–H and O–H groups in total. The summed E-state index contributed by atoms with van der Waals surface area (Å²) in [7, 11) is 4.39. The highest BCUT2D eigenvalue weighted by atomic mass is 15.1. The average Bonchev–Trinajstić information content (AvgIpc) is 2.14. The first-order valence-corrected chi connectivity index (χ1v) is 6.24. The van der Waals surface area contributed by atoms with Gasteiger partial charge in [-0.25, -0.2) is 0 Å². The van der Waals surface area contributed by atoms with E-state index in [4.69, 9.17) is 0 Å². The lowest BCUT2D eigenvalue weighted by Crippen LogP contribution is -2.29. The van der Waals surface area contributed by atoms with Crippen molar-refractivity contribution in [1.82, 2.24) is 4.90 Å². The zero-order valence-electron chi connectivity index (χ0n) is 11.4. The maximum Gasteiger partial charge on any atom is 0.00916 e. The van der Waals surface area contributed by atoms with E-state index in [-0.39, 0.29) is 0 Å². The van der Waals surface area contributed by atoms with E-state index in [1.807, 2.05) is 13.8 Å². The highest BCUT2D eigenvalue weighted by Crippen LogP contribution is 2.14. The molecule has 1 heteroatoms. The lowest BCUT2D eigenvalue weighted by atomic mass is 9.98. The minimum Gasteiger partial charge on any atom is -0.306 e. The number of unbranched alkanes of at least 4 members (excludes halogenated alkanes) is 1. The van der Waals surface area contributed by atoms with Gasteiger partial charge in [-0.3, -0.25) is 0 Å². The lowest BCUT2D eigenvalue weighted by Gasteiger charge is -2.25. The fourth-order valence-corrected chi connectivity index (χ4v) is 1.57. The van der Waals surface area contributed by atoms with Crippen LogP contribution >= 0.6 is 0 Å². The van der Waals surface area contributed by atoms with Gasteiger partial charge in [0.1, 0.15) is 0 Å². The number of rotatable bonds is 6. The van der Waals surface area contributed by atoms with Crippen LogP contribution in [-0.4, -0.2) is 25.0 Å². The summed E-state index contributed by atoms with van der Waals surface area (Å²) in [4.78, 5) is 2.37. The summed E-state index contributed by atoms with van der Waals surface area (Å²) in [5, 5.41) is 0. The maximum absolute atomic E-state index is 2.37. The molecule has 0 aliphatic heterocycles. The van der Waals surface area contributed by atoms with Crippen LogP contribution < -0.4 is 0 Å². The lowest BCUT2D eigenvalue weighted by molar-refractivity contribution is 0.237. The fraction of sp³-hybridized carbons (Fsp3) is 1.00. The molecule has 0 rings (SSSR count). The molecule has 0 aliphatic rings. The molecule has 0 aliphatic carbocycles. The van der Waals surface area contributed by atoms with Crippen molar-refractivity contribution in [1.29, 1.82) is 0 Å². The predicted octanol–water partition coefficient (Wildman–Crippen LogP) is 4.18. The van der Waals surface area contributed by atoms with Gasteiger partial charge in [0.15, 0.2) is 0 Å². The Morgan fingerprint density at radius 2 is 1.57 bits per heavy atom. The van der Waals surface area contributed by atoms with Gasteiger partial charge in [-0.15, -0.1) is 0 Å². The van der Waals surface area contributed by atoms with Gasteiger partial charge < -0.3 is 4.90 Å². The molecule has 0 saturated carbocycles. The van der Waals surface area contributed by atoms with Gasteiger partial charge in [0.05, 0.1) is 0 Å². The molecule has 0 aromatic carbocycles. The van der Waals surface area contributed by atoms with Crippen molar-refractivity contribution in [2.45, 2.75) is 66.3 Å². The molecule has 1 nitrogen and oxygen atoms in total. The maximum atomic E-state index is 2.37. The van der Waals surface area contributed by atoms with Crippen LogP contribution in [0, 0.1) is 5.92 Å². The Morgan fingerprint density at radius 1 is 1.07 bits per heavy atom. The first-order valence-electron chi connectivity index (χ1n) is 6.24. The summed E-state index contributed by atoms with van der Waals surface area (Å²) < 4.78 is 0. The third kappa shape index (κ3) is 10.0. The molecule has 0 amide bonds. The van der Waals surface area contributed by atoms with Crippen molar-refractivity contribution in [2.24, 2.45) is 5.92 Å². The molecule has 88 valence electrons. The number of hydrogen-bond donors (Lipinski definition) is 0. The summed E-state index contributed by atoms with van der Waals surface area (Å²) >= 11 is 0. The van der Waals surface area contributed by atoms with Crippen molar-refractivity contribution in [3.63, 3.8) is 0 Å². The highest BCUT2D eigenvalue weighted by Gasteiger charge is 2.11. The summed E-state index contributed by atoms with van der Waals surface area (Å²) in [6.45, 7) is 10.9. The van der Waals surface area contributed by atoms with Gasteiger partial charge in [-0.05, 0) is 32.9 Å². The Morgan fingerprint density at radius 3 is 1.86 bits per heavy atom. The Bertz CT molecular complexity index is 97.4. The van der Waals surface area contributed by atoms with Gasteiger partial charge in [-0.1, -0.05) is 47.5 Å². The first kappa shape index (κ1) is 16.4. The number of nitrogens with zero attached hydrogens (tertiary/aromatic N) is 1. The molecule has 0 aromatic heterocycles. The molecule has 0 spiro atoms. The second-order valence-corrected chi connectivity index (χ2v) is 4.39. The zero-order valence-corrected chi connectivity index (χ0v) is 11.4. The molecule has 1 unspecified atom stereocenters. The normalized spacial score (nSPS) is 12.6. The van der Waals surface area contributed by atoms with Crippen LogP contribution in [0.5, 0.6) is 0 Å². The van der Waals surface area contributed by atoms with Crippen LogP contribution in [-0.2, 0) is 0 Å². The van der Waals surface area contributed by atoms with E-state index in [2.05, 4.69) is 39.8 Å². The van der Waals surface area contributed by atoms with Gasteiger partial charge in [0.2, 0.25) is 0 Å². The largest absolute Gasteiger partial charge is 0.306 e. The number of hydrogen-bond acceptors (Lipinski definition) is 1. The standard InChI is InChI=1S/C11H25N.C2H6/c1-6-7-8-11(12(4)5)9-10(2)3;1-2/h10-11H,6-9H2,1-5H3;1-2H3. The zero-order chi connectivity index (χ0) is 11.6. The molecule has 14 heavy (non-hydrogen) atoms. The van der Waals surface area contributed by atoms with Crippen molar-refractivity contribution in [3.05, 3.63) is 0 Å². The summed E-state index contributed by atoms with van der Waals surface area (Å²) in [5.41, 5.74) is 0. The Labute approximate surface area is 91.9 Å². The molecule has 0 bridgehead atoms. The second-order valence-electron chi connectivity index (χ2n) is 4.39. The second kappa shape index (κ2) is 11.0. The Balaban J connectivity index is 0. The van der Waals surface area contributed by atoms with Gasteiger partial charge in [0, 0.05) is 6.04 Å². The van der Waals surface area contributed by atoms with Crippen molar-refractivity contribution in [2.75, 3.05) is 14.1 Å². The molecule has 0 heterocycles. The topological polar surface area (TPSA) is 3.24 Å². The molecule has 0 fully saturated rings. The van der Waals surface area contributed by atoms with E-state index < -0.39 is 0 Å². The predicted molar refractivity (Wildman–Crippen MR) is 67.8 cm³/mol. The fourth-order valence-electron chi connectivity index (χ4n) is 1.57. The third-order valence-electron chi connectivity index (χ3n) is 2.36. The summed E-state index contributed by atoms with van der Waals surface area (Å²) in [6.07, 6.45) is 5.40.